The van der Waals surface area contributed by atoms with Crippen LogP contribution in [-0.4, -0.2) is 40.4 Å². The van der Waals surface area contributed by atoms with Gasteiger partial charge in [0.25, 0.3) is 0 Å². The molecule has 0 bridgehead atoms. The fourth-order valence-electron chi connectivity index (χ4n) is 2.56. The van der Waals surface area contributed by atoms with Gasteiger partial charge in [0.05, 0.1) is 0 Å². The molecule has 1 aliphatic rings. The molecule has 2 aromatic rings. The van der Waals surface area contributed by atoms with Crippen LogP contribution in [0.5, 0.6) is 0 Å². The molecule has 1 aromatic carbocycles. The summed E-state index contributed by atoms with van der Waals surface area (Å²) in [5.74, 6) is -2.09. The molecule has 3 rings (SSSR count). The van der Waals surface area contributed by atoms with Crippen molar-refractivity contribution in [3.05, 3.63) is 53.4 Å². The van der Waals surface area contributed by atoms with Gasteiger partial charge in [0.15, 0.2) is 0 Å². The van der Waals surface area contributed by atoms with Gasteiger partial charge in [-0.15, -0.1) is 0 Å². The van der Waals surface area contributed by atoms with Gasteiger partial charge in [0.1, 0.15) is 23.9 Å². The third-order valence-electron chi connectivity index (χ3n) is 3.91. The van der Waals surface area contributed by atoms with Crippen LogP contribution in [-0.2, 0) is 17.5 Å². The Morgan fingerprint density at radius 3 is 2.54 bits per heavy atom. The summed E-state index contributed by atoms with van der Waals surface area (Å²) in [6.07, 6.45) is -3.63. The predicted molar refractivity (Wildman–Crippen MR) is 81.0 cm³/mol. The molecule has 0 aliphatic carbocycles. The van der Waals surface area contributed by atoms with Crippen molar-refractivity contribution >= 4 is 11.9 Å². The Hall–Kier alpha value is -2.78. The van der Waals surface area contributed by atoms with E-state index in [0.717, 1.165) is 24.4 Å². The summed E-state index contributed by atoms with van der Waals surface area (Å²) in [7, 11) is 0. The first-order valence-corrected chi connectivity index (χ1v) is 7.61. The van der Waals surface area contributed by atoms with Crippen LogP contribution in [0.3, 0.4) is 0 Å². The van der Waals surface area contributed by atoms with Crippen molar-refractivity contribution < 1.29 is 26.7 Å². The molecule has 1 aromatic heterocycles. The monoisotopic (exact) mass is 372 g/mol. The van der Waals surface area contributed by atoms with Gasteiger partial charge in [-0.2, -0.15) is 13.2 Å². The summed E-state index contributed by atoms with van der Waals surface area (Å²) in [6.45, 7) is 0.0531. The Bertz CT molecular complexity index is 827. The molecule has 0 saturated carbocycles. The van der Waals surface area contributed by atoms with Crippen molar-refractivity contribution in [1.29, 1.82) is 0 Å². The molecule has 10 heteroatoms. The molecule has 1 amide bonds. The van der Waals surface area contributed by atoms with E-state index in [9.17, 15) is 26.7 Å². The number of rotatable bonds is 3. The first kappa shape index (κ1) is 18.0. The van der Waals surface area contributed by atoms with Crippen molar-refractivity contribution in [3.63, 3.8) is 0 Å². The molecule has 0 radical (unpaired) electrons. The quantitative estimate of drug-likeness (QED) is 0.778. The van der Waals surface area contributed by atoms with E-state index < -0.39 is 29.4 Å². The first-order valence-electron chi connectivity index (χ1n) is 7.61. The van der Waals surface area contributed by atoms with E-state index in [1.54, 1.807) is 0 Å². The zero-order valence-electron chi connectivity index (χ0n) is 13.3. The lowest BCUT2D eigenvalue weighted by Crippen LogP contribution is -2.50. The second-order valence-corrected chi connectivity index (χ2v) is 5.71. The molecule has 0 N–H and O–H groups in total. The molecule has 2 heterocycles. The van der Waals surface area contributed by atoms with Crippen LogP contribution in [0.4, 0.5) is 27.9 Å². The number of aromatic nitrogens is 2. The molecule has 138 valence electrons. The fourth-order valence-corrected chi connectivity index (χ4v) is 2.56. The van der Waals surface area contributed by atoms with E-state index in [4.69, 9.17) is 0 Å². The molecule has 0 unspecified atom stereocenters. The summed E-state index contributed by atoms with van der Waals surface area (Å²) < 4.78 is 64.9. The summed E-state index contributed by atoms with van der Waals surface area (Å²) in [5, 5.41) is 0. The summed E-state index contributed by atoms with van der Waals surface area (Å²) in [4.78, 5) is 22.2. The zero-order valence-corrected chi connectivity index (χ0v) is 13.3. The number of carbonyl (C=O) groups is 1. The maximum atomic E-state index is 13.7. The van der Waals surface area contributed by atoms with E-state index in [1.807, 2.05) is 0 Å². The van der Waals surface area contributed by atoms with Crippen molar-refractivity contribution in [3.8, 4) is 0 Å². The lowest BCUT2D eigenvalue weighted by atomic mass is 10.1. The van der Waals surface area contributed by atoms with E-state index in [-0.39, 0.29) is 37.7 Å². The molecule has 26 heavy (non-hydrogen) atoms. The number of halogens is 5. The van der Waals surface area contributed by atoms with E-state index in [1.165, 1.54) is 15.9 Å². The fraction of sp³-hybridized carbons (Fsp3) is 0.312. The summed E-state index contributed by atoms with van der Waals surface area (Å²) >= 11 is 0. The molecular formula is C16H13F5N4O. The Morgan fingerprint density at radius 1 is 1.12 bits per heavy atom. The standard InChI is InChI=1S/C16H13F5N4O/c17-11-2-1-10(12(18)7-11)8-24-5-6-25(9-14(24)26)15-22-4-3-13(23-15)16(19,20)21/h1-4,7H,5-6,8-9H2. The van der Waals surface area contributed by atoms with Gasteiger partial charge in [0.2, 0.25) is 11.9 Å². The van der Waals surface area contributed by atoms with Crippen molar-refractivity contribution in [2.45, 2.75) is 12.7 Å². The van der Waals surface area contributed by atoms with Crippen LogP contribution in [0.1, 0.15) is 11.3 Å². The molecule has 0 spiro atoms. The molecule has 0 atom stereocenters. The second-order valence-electron chi connectivity index (χ2n) is 5.71. The average Bonchev–Trinajstić information content (AvgIpc) is 2.58. The third-order valence-corrected chi connectivity index (χ3v) is 3.91. The van der Waals surface area contributed by atoms with Gasteiger partial charge in [-0.25, -0.2) is 18.7 Å². The smallest absolute Gasteiger partial charge is 0.335 e. The van der Waals surface area contributed by atoms with Gasteiger partial charge in [0, 0.05) is 37.5 Å². The van der Waals surface area contributed by atoms with Gasteiger partial charge in [-0.3, -0.25) is 4.79 Å². The number of benzene rings is 1. The third kappa shape index (κ3) is 3.89. The topological polar surface area (TPSA) is 49.3 Å². The maximum Gasteiger partial charge on any atom is 0.433 e. The lowest BCUT2D eigenvalue weighted by Gasteiger charge is -2.34. The number of hydrogen-bond donors (Lipinski definition) is 0. The lowest BCUT2D eigenvalue weighted by molar-refractivity contribution is -0.141. The van der Waals surface area contributed by atoms with Crippen LogP contribution in [0, 0.1) is 11.6 Å². The first-order chi connectivity index (χ1) is 12.2. The van der Waals surface area contributed by atoms with Crippen LogP contribution in [0.15, 0.2) is 30.5 Å². The van der Waals surface area contributed by atoms with Crippen LogP contribution >= 0.6 is 0 Å². The van der Waals surface area contributed by atoms with Crippen LogP contribution < -0.4 is 4.90 Å². The number of nitrogens with zero attached hydrogens (tertiary/aromatic N) is 4. The van der Waals surface area contributed by atoms with Gasteiger partial charge in [-0.1, -0.05) is 6.07 Å². The second kappa shape index (κ2) is 6.85. The average molecular weight is 372 g/mol. The summed E-state index contributed by atoms with van der Waals surface area (Å²) in [5.41, 5.74) is -0.936. The highest BCUT2D eigenvalue weighted by Crippen LogP contribution is 2.28. The molecular weight excluding hydrogens is 359 g/mol. The van der Waals surface area contributed by atoms with Crippen LogP contribution in [0.25, 0.3) is 0 Å². The largest absolute Gasteiger partial charge is 0.433 e. The normalized spacial score (nSPS) is 15.5. The van der Waals surface area contributed by atoms with Gasteiger partial charge >= 0.3 is 6.18 Å². The highest BCUT2D eigenvalue weighted by Gasteiger charge is 2.34. The number of amides is 1. The zero-order chi connectivity index (χ0) is 18.9. The number of anilines is 1. The number of alkyl halides is 3. The molecule has 1 saturated heterocycles. The SMILES string of the molecule is O=C1CN(c2nccc(C(F)(F)F)n2)CCN1Cc1ccc(F)cc1F. The predicted octanol–water partition coefficient (Wildman–Crippen LogP) is 2.62. The van der Waals surface area contributed by atoms with E-state index in [0.29, 0.717) is 0 Å². The highest BCUT2D eigenvalue weighted by atomic mass is 19.4. The highest BCUT2D eigenvalue weighted by molar-refractivity contribution is 5.82. The minimum absolute atomic E-state index is 0.0533. The Morgan fingerprint density at radius 2 is 1.88 bits per heavy atom. The minimum atomic E-state index is -4.61. The van der Waals surface area contributed by atoms with Gasteiger partial charge in [-0.05, 0) is 12.1 Å². The van der Waals surface area contributed by atoms with Crippen molar-refractivity contribution in [2.24, 2.45) is 0 Å². The number of carbonyl (C=O) groups excluding carboxylic acids is 1. The Balaban J connectivity index is 1.70. The van der Waals surface area contributed by atoms with Crippen molar-refractivity contribution in [1.82, 2.24) is 14.9 Å². The molecule has 1 aliphatic heterocycles. The maximum absolute atomic E-state index is 13.7. The Kier molecular flexibility index (Phi) is 4.75. The van der Waals surface area contributed by atoms with E-state index in [2.05, 4.69) is 9.97 Å². The molecule has 1 fully saturated rings. The van der Waals surface area contributed by atoms with Crippen LogP contribution in [0.2, 0.25) is 0 Å². The summed E-state index contributed by atoms with van der Waals surface area (Å²) in [6, 6.07) is 3.82. The van der Waals surface area contributed by atoms with Gasteiger partial charge < -0.3 is 9.80 Å². The van der Waals surface area contributed by atoms with Crippen molar-refractivity contribution in [2.75, 3.05) is 24.5 Å². The number of piperazine rings is 1. The molecule has 5 nitrogen and oxygen atoms in total. The Labute approximate surface area is 145 Å². The van der Waals surface area contributed by atoms with E-state index >= 15 is 0 Å². The number of hydrogen-bond acceptors (Lipinski definition) is 4. The minimum Gasteiger partial charge on any atom is -0.335 e.